The highest BCUT2D eigenvalue weighted by molar-refractivity contribution is 5.56. The highest BCUT2D eigenvalue weighted by atomic mass is 16.2. The summed E-state index contributed by atoms with van der Waals surface area (Å²) in [6.45, 7) is 0.232. The van der Waals surface area contributed by atoms with Gasteiger partial charge in [0.15, 0.2) is 0 Å². The van der Waals surface area contributed by atoms with Crippen LogP contribution in [0.3, 0.4) is 0 Å². The predicted molar refractivity (Wildman–Crippen MR) is 39.6 cm³/mol. The van der Waals surface area contributed by atoms with Gasteiger partial charge in [-0.15, -0.1) is 0 Å². The zero-order valence-corrected chi connectivity index (χ0v) is 6.12. The van der Waals surface area contributed by atoms with Gasteiger partial charge in [0, 0.05) is 6.61 Å². The number of unbranched alkanes of at least 4 members (excludes halogenated alkanes) is 2. The molecule has 0 radical (unpaired) electrons. The van der Waals surface area contributed by atoms with Gasteiger partial charge in [-0.3, -0.25) is 0 Å². The van der Waals surface area contributed by atoms with Crippen LogP contribution >= 0.6 is 0 Å². The first-order chi connectivity index (χ1) is 4.81. The summed E-state index contributed by atoms with van der Waals surface area (Å²) in [7, 11) is 0. The molecule has 1 atom stereocenters. The molecular formula is C7H15NO2. The van der Waals surface area contributed by atoms with Crippen molar-refractivity contribution in [3.8, 4) is 0 Å². The maximum Gasteiger partial charge on any atom is 0.136 e. The maximum absolute atomic E-state index is 9.99. The second-order valence-electron chi connectivity index (χ2n) is 2.37. The normalized spacial score (nSPS) is 13.0. The van der Waals surface area contributed by atoms with Crippen LogP contribution in [0.2, 0.25) is 0 Å². The highest BCUT2D eigenvalue weighted by Crippen LogP contribution is 1.99. The van der Waals surface area contributed by atoms with Gasteiger partial charge in [-0.2, -0.15) is 0 Å². The van der Waals surface area contributed by atoms with Crippen LogP contribution in [0.5, 0.6) is 0 Å². The van der Waals surface area contributed by atoms with E-state index < -0.39 is 0 Å². The van der Waals surface area contributed by atoms with Crippen molar-refractivity contribution in [1.82, 2.24) is 0 Å². The molecule has 0 saturated carbocycles. The van der Waals surface area contributed by atoms with E-state index in [-0.39, 0.29) is 12.6 Å². The molecule has 0 bridgehead atoms. The number of rotatable bonds is 6. The van der Waals surface area contributed by atoms with Gasteiger partial charge < -0.3 is 15.6 Å². The molecule has 0 aliphatic rings. The van der Waals surface area contributed by atoms with Gasteiger partial charge in [-0.05, 0) is 12.8 Å². The third-order valence-electron chi connectivity index (χ3n) is 1.37. The van der Waals surface area contributed by atoms with E-state index in [4.69, 9.17) is 10.8 Å². The third-order valence-corrected chi connectivity index (χ3v) is 1.37. The first-order valence-electron chi connectivity index (χ1n) is 3.63. The molecule has 0 aromatic carbocycles. The number of carbonyl (C=O) groups excluding carboxylic acids is 1. The monoisotopic (exact) mass is 145 g/mol. The van der Waals surface area contributed by atoms with Crippen molar-refractivity contribution >= 4 is 6.29 Å². The molecular weight excluding hydrogens is 130 g/mol. The minimum Gasteiger partial charge on any atom is -0.396 e. The van der Waals surface area contributed by atoms with Gasteiger partial charge in [0.2, 0.25) is 0 Å². The summed E-state index contributed by atoms with van der Waals surface area (Å²) in [6.07, 6.45) is 4.20. The lowest BCUT2D eigenvalue weighted by molar-refractivity contribution is -0.109. The smallest absolute Gasteiger partial charge is 0.136 e. The molecule has 0 aromatic heterocycles. The fourth-order valence-electron chi connectivity index (χ4n) is 0.737. The molecule has 3 nitrogen and oxygen atoms in total. The third kappa shape index (κ3) is 5.72. The van der Waals surface area contributed by atoms with Gasteiger partial charge in [-0.25, -0.2) is 0 Å². The molecule has 3 N–H and O–H groups in total. The van der Waals surface area contributed by atoms with Crippen LogP contribution in [-0.4, -0.2) is 24.0 Å². The molecule has 0 aromatic rings. The Morgan fingerprint density at radius 3 is 2.60 bits per heavy atom. The SMILES string of the molecule is N[C@H](C=O)CCCCCO. The standard InChI is InChI=1S/C7H15NO2/c8-7(6-10)4-2-1-3-5-9/h6-7,9H,1-5,8H2/t7-/m0/s1. The molecule has 0 fully saturated rings. The summed E-state index contributed by atoms with van der Waals surface area (Å²) in [5, 5.41) is 8.39. The van der Waals surface area contributed by atoms with Crippen LogP contribution in [0.1, 0.15) is 25.7 Å². The number of carbonyl (C=O) groups is 1. The van der Waals surface area contributed by atoms with E-state index in [1.165, 1.54) is 0 Å². The Labute approximate surface area is 61.2 Å². The molecule has 0 heterocycles. The van der Waals surface area contributed by atoms with Crippen LogP contribution in [-0.2, 0) is 4.79 Å². The minimum absolute atomic E-state index is 0.232. The second kappa shape index (κ2) is 6.71. The van der Waals surface area contributed by atoms with Crippen molar-refractivity contribution in [2.45, 2.75) is 31.7 Å². The number of hydrogen-bond acceptors (Lipinski definition) is 3. The summed E-state index contributed by atoms with van der Waals surface area (Å²) in [5.74, 6) is 0. The lowest BCUT2D eigenvalue weighted by Gasteiger charge is -2.01. The van der Waals surface area contributed by atoms with Crippen LogP contribution in [0, 0.1) is 0 Å². The first kappa shape index (κ1) is 9.59. The molecule has 0 spiro atoms. The first-order valence-corrected chi connectivity index (χ1v) is 3.63. The summed E-state index contributed by atoms with van der Waals surface area (Å²) in [6, 6.07) is -0.307. The fraction of sp³-hybridized carbons (Fsp3) is 0.857. The number of aliphatic hydroxyl groups excluding tert-OH is 1. The van der Waals surface area contributed by atoms with Crippen molar-refractivity contribution in [2.75, 3.05) is 6.61 Å². The molecule has 10 heavy (non-hydrogen) atoms. The average molecular weight is 145 g/mol. The van der Waals surface area contributed by atoms with Gasteiger partial charge in [-0.1, -0.05) is 12.8 Å². The number of hydrogen-bond donors (Lipinski definition) is 2. The summed E-state index contributed by atoms with van der Waals surface area (Å²) in [4.78, 5) is 9.99. The summed E-state index contributed by atoms with van der Waals surface area (Å²) in [5.41, 5.74) is 5.32. The Balaban J connectivity index is 2.95. The van der Waals surface area contributed by atoms with Crippen LogP contribution in [0.25, 0.3) is 0 Å². The van der Waals surface area contributed by atoms with Crippen molar-refractivity contribution in [3.05, 3.63) is 0 Å². The van der Waals surface area contributed by atoms with Gasteiger partial charge in [0.1, 0.15) is 6.29 Å². The number of nitrogens with two attached hydrogens (primary N) is 1. The summed E-state index contributed by atoms with van der Waals surface area (Å²) >= 11 is 0. The number of aliphatic hydroxyl groups is 1. The Morgan fingerprint density at radius 2 is 2.10 bits per heavy atom. The highest BCUT2D eigenvalue weighted by Gasteiger charge is 1.97. The van der Waals surface area contributed by atoms with E-state index >= 15 is 0 Å². The molecule has 0 aliphatic heterocycles. The van der Waals surface area contributed by atoms with Crippen molar-refractivity contribution in [2.24, 2.45) is 5.73 Å². The molecule has 60 valence electrons. The zero-order valence-electron chi connectivity index (χ0n) is 6.12. The van der Waals surface area contributed by atoms with Crippen molar-refractivity contribution in [1.29, 1.82) is 0 Å². The largest absolute Gasteiger partial charge is 0.396 e. The topological polar surface area (TPSA) is 63.3 Å². The predicted octanol–water partition coefficient (Wildman–Crippen LogP) is 0.0653. The van der Waals surface area contributed by atoms with E-state index in [0.29, 0.717) is 0 Å². The van der Waals surface area contributed by atoms with Gasteiger partial charge >= 0.3 is 0 Å². The van der Waals surface area contributed by atoms with Crippen molar-refractivity contribution < 1.29 is 9.90 Å². The van der Waals surface area contributed by atoms with Crippen LogP contribution < -0.4 is 5.73 Å². The maximum atomic E-state index is 9.99. The summed E-state index contributed by atoms with van der Waals surface area (Å²) < 4.78 is 0. The molecule has 3 heteroatoms. The molecule has 0 rings (SSSR count). The lowest BCUT2D eigenvalue weighted by atomic mass is 10.1. The Morgan fingerprint density at radius 1 is 1.40 bits per heavy atom. The minimum atomic E-state index is -0.307. The van der Waals surface area contributed by atoms with Crippen LogP contribution in [0.15, 0.2) is 0 Å². The average Bonchev–Trinajstić information content (AvgIpc) is 1.98. The van der Waals surface area contributed by atoms with E-state index in [2.05, 4.69) is 0 Å². The zero-order chi connectivity index (χ0) is 7.82. The molecule has 0 amide bonds. The molecule has 0 unspecified atom stereocenters. The van der Waals surface area contributed by atoms with E-state index in [0.717, 1.165) is 32.0 Å². The second-order valence-corrected chi connectivity index (χ2v) is 2.37. The van der Waals surface area contributed by atoms with Gasteiger partial charge in [0.05, 0.1) is 6.04 Å². The Bertz CT molecular complexity index is 85.7. The van der Waals surface area contributed by atoms with E-state index in [1.807, 2.05) is 0 Å². The van der Waals surface area contributed by atoms with E-state index in [9.17, 15) is 4.79 Å². The van der Waals surface area contributed by atoms with Crippen LogP contribution in [0.4, 0.5) is 0 Å². The van der Waals surface area contributed by atoms with Gasteiger partial charge in [0.25, 0.3) is 0 Å². The lowest BCUT2D eigenvalue weighted by Crippen LogP contribution is -2.20. The number of aldehydes is 1. The molecule has 0 aliphatic carbocycles. The quantitative estimate of drug-likeness (QED) is 0.410. The fourth-order valence-corrected chi connectivity index (χ4v) is 0.737. The Hall–Kier alpha value is -0.410. The Kier molecular flexibility index (Phi) is 6.43. The molecule has 0 saturated heterocycles. The van der Waals surface area contributed by atoms with Crippen molar-refractivity contribution in [3.63, 3.8) is 0 Å². The van der Waals surface area contributed by atoms with E-state index in [1.54, 1.807) is 0 Å².